The fraction of sp³-hybridized carbons (Fsp3) is 0.409. The first kappa shape index (κ1) is 16.6. The van der Waals surface area contributed by atoms with Crippen molar-refractivity contribution in [2.45, 2.75) is 38.0 Å². The summed E-state index contributed by atoms with van der Waals surface area (Å²) in [7, 11) is 2.16. The molecule has 1 atom stereocenters. The van der Waals surface area contributed by atoms with Crippen LogP contribution in [0.15, 0.2) is 47.6 Å². The van der Waals surface area contributed by atoms with Gasteiger partial charge in [-0.15, -0.1) is 0 Å². The van der Waals surface area contributed by atoms with Crippen LogP contribution < -0.4 is 4.74 Å². The number of phenolic OH excluding ortho intramolecular Hbond substituents is 1. The highest BCUT2D eigenvalue weighted by Crippen LogP contribution is 2.50. The van der Waals surface area contributed by atoms with Crippen LogP contribution in [0, 0.1) is 6.92 Å². The van der Waals surface area contributed by atoms with E-state index in [-0.39, 0.29) is 6.04 Å². The standard InChI is InChI=1S/C22H25N3O2/c1-15-7-8-20(26)17(13-15)18-14-19-16-5-3-4-6-21(16)27-22(25(19)23-18)9-11-24(2)12-10-22/h3-8,13,19,26H,9-12,14H2,1-2H3. The topological polar surface area (TPSA) is 48.3 Å². The minimum atomic E-state index is -0.396. The second-order valence-corrected chi connectivity index (χ2v) is 8.02. The van der Waals surface area contributed by atoms with Gasteiger partial charge in [0, 0.05) is 43.5 Å². The van der Waals surface area contributed by atoms with E-state index in [4.69, 9.17) is 9.84 Å². The van der Waals surface area contributed by atoms with Gasteiger partial charge < -0.3 is 14.7 Å². The maximum absolute atomic E-state index is 10.4. The highest BCUT2D eigenvalue weighted by Gasteiger charge is 2.51. The molecule has 1 fully saturated rings. The Morgan fingerprint density at radius 1 is 1.15 bits per heavy atom. The van der Waals surface area contributed by atoms with Gasteiger partial charge in [-0.25, -0.2) is 5.01 Å². The van der Waals surface area contributed by atoms with Crippen molar-refractivity contribution < 1.29 is 9.84 Å². The quantitative estimate of drug-likeness (QED) is 0.840. The van der Waals surface area contributed by atoms with Crippen LogP contribution in [0.5, 0.6) is 11.5 Å². The number of aryl methyl sites for hydroxylation is 1. The van der Waals surface area contributed by atoms with Crippen LogP contribution in [-0.2, 0) is 0 Å². The van der Waals surface area contributed by atoms with Crippen molar-refractivity contribution in [2.75, 3.05) is 20.1 Å². The van der Waals surface area contributed by atoms with Gasteiger partial charge in [0.1, 0.15) is 11.5 Å². The maximum atomic E-state index is 10.4. The molecule has 0 amide bonds. The zero-order valence-corrected chi connectivity index (χ0v) is 15.9. The van der Waals surface area contributed by atoms with Gasteiger partial charge in [0.25, 0.3) is 0 Å². The Balaban J connectivity index is 1.60. The highest BCUT2D eigenvalue weighted by molar-refractivity contribution is 6.04. The van der Waals surface area contributed by atoms with Gasteiger partial charge in [-0.2, -0.15) is 5.10 Å². The molecule has 140 valence electrons. The average Bonchev–Trinajstić information content (AvgIpc) is 3.13. The van der Waals surface area contributed by atoms with E-state index in [1.807, 2.05) is 25.1 Å². The second-order valence-electron chi connectivity index (χ2n) is 8.02. The molecule has 0 aliphatic carbocycles. The summed E-state index contributed by atoms with van der Waals surface area (Å²) >= 11 is 0. The summed E-state index contributed by atoms with van der Waals surface area (Å²) in [5.74, 6) is 1.28. The summed E-state index contributed by atoms with van der Waals surface area (Å²) in [5.41, 5.74) is 3.70. The molecule has 3 aliphatic heterocycles. The molecule has 1 unspecified atom stereocenters. The molecule has 0 bridgehead atoms. The molecule has 3 aliphatic rings. The van der Waals surface area contributed by atoms with Crippen molar-refractivity contribution in [1.29, 1.82) is 0 Å². The fourth-order valence-electron chi connectivity index (χ4n) is 4.57. The SMILES string of the molecule is Cc1ccc(O)c(C2=NN3C(C2)c2ccccc2OC32CCN(C)CC2)c1. The van der Waals surface area contributed by atoms with Crippen LogP contribution in [0.25, 0.3) is 0 Å². The molecule has 5 heteroatoms. The molecule has 1 N–H and O–H groups in total. The molecule has 0 aromatic heterocycles. The van der Waals surface area contributed by atoms with Gasteiger partial charge in [-0.05, 0) is 32.2 Å². The van der Waals surface area contributed by atoms with Gasteiger partial charge in [0.2, 0.25) is 5.72 Å². The van der Waals surface area contributed by atoms with Crippen molar-refractivity contribution in [3.8, 4) is 11.5 Å². The Bertz CT molecular complexity index is 916. The van der Waals surface area contributed by atoms with Crippen molar-refractivity contribution in [1.82, 2.24) is 9.91 Å². The van der Waals surface area contributed by atoms with Crippen LogP contribution in [0.2, 0.25) is 0 Å². The van der Waals surface area contributed by atoms with Crippen molar-refractivity contribution in [3.05, 3.63) is 59.2 Å². The van der Waals surface area contributed by atoms with Crippen molar-refractivity contribution >= 4 is 5.71 Å². The summed E-state index contributed by atoms with van der Waals surface area (Å²) in [5, 5.41) is 17.6. The molecule has 1 spiro atoms. The Morgan fingerprint density at radius 3 is 2.74 bits per heavy atom. The third-order valence-corrected chi connectivity index (χ3v) is 6.14. The molecule has 1 saturated heterocycles. The van der Waals surface area contributed by atoms with Crippen molar-refractivity contribution in [2.24, 2.45) is 5.10 Å². The molecule has 2 aromatic carbocycles. The van der Waals surface area contributed by atoms with Gasteiger partial charge in [0.05, 0.1) is 11.8 Å². The lowest BCUT2D eigenvalue weighted by Gasteiger charge is -2.50. The van der Waals surface area contributed by atoms with Gasteiger partial charge in [-0.1, -0.05) is 29.8 Å². The van der Waals surface area contributed by atoms with Crippen LogP contribution in [0.1, 0.15) is 42.0 Å². The third kappa shape index (κ3) is 2.60. The van der Waals surface area contributed by atoms with E-state index in [1.54, 1.807) is 6.07 Å². The number of para-hydroxylation sites is 1. The number of hydrogen-bond donors (Lipinski definition) is 1. The Hall–Kier alpha value is -2.53. The summed E-state index contributed by atoms with van der Waals surface area (Å²) in [4.78, 5) is 2.34. The maximum Gasteiger partial charge on any atom is 0.200 e. The minimum absolute atomic E-state index is 0.160. The van der Waals surface area contributed by atoms with E-state index < -0.39 is 5.72 Å². The van der Waals surface area contributed by atoms with Crippen LogP contribution >= 0.6 is 0 Å². The Labute approximate surface area is 159 Å². The van der Waals surface area contributed by atoms with Crippen LogP contribution in [-0.4, -0.2) is 46.6 Å². The lowest BCUT2D eigenvalue weighted by Crippen LogP contribution is -2.58. The predicted molar refractivity (Wildman–Crippen MR) is 105 cm³/mol. The summed E-state index contributed by atoms with van der Waals surface area (Å²) in [6.07, 6.45) is 2.63. The first-order valence-corrected chi connectivity index (χ1v) is 9.69. The van der Waals surface area contributed by atoms with E-state index in [0.29, 0.717) is 5.75 Å². The minimum Gasteiger partial charge on any atom is -0.507 e. The van der Waals surface area contributed by atoms with Crippen molar-refractivity contribution in [3.63, 3.8) is 0 Å². The normalized spacial score (nSPS) is 23.6. The number of piperidine rings is 1. The number of hydrazone groups is 1. The number of rotatable bonds is 1. The van der Waals surface area contributed by atoms with Crippen LogP contribution in [0.3, 0.4) is 0 Å². The molecule has 0 saturated carbocycles. The van der Waals surface area contributed by atoms with E-state index >= 15 is 0 Å². The Morgan fingerprint density at radius 2 is 1.93 bits per heavy atom. The first-order chi connectivity index (χ1) is 13.1. The summed E-state index contributed by atoms with van der Waals surface area (Å²) in [6.45, 7) is 4.03. The number of phenols is 1. The largest absolute Gasteiger partial charge is 0.507 e. The van der Waals surface area contributed by atoms with Gasteiger partial charge in [0.15, 0.2) is 0 Å². The smallest absolute Gasteiger partial charge is 0.200 e. The van der Waals surface area contributed by atoms with E-state index in [9.17, 15) is 5.11 Å². The lowest BCUT2D eigenvalue weighted by atomic mass is 9.90. The van der Waals surface area contributed by atoms with Gasteiger partial charge in [-0.3, -0.25) is 0 Å². The van der Waals surface area contributed by atoms with Gasteiger partial charge >= 0.3 is 0 Å². The predicted octanol–water partition coefficient (Wildman–Crippen LogP) is 3.67. The average molecular weight is 363 g/mol. The molecule has 5 rings (SSSR count). The summed E-state index contributed by atoms with van der Waals surface area (Å²) < 4.78 is 6.59. The molecule has 3 heterocycles. The zero-order valence-electron chi connectivity index (χ0n) is 15.9. The number of ether oxygens (including phenoxy) is 1. The lowest BCUT2D eigenvalue weighted by molar-refractivity contribution is -0.147. The number of hydrogen-bond acceptors (Lipinski definition) is 5. The molecule has 5 nitrogen and oxygen atoms in total. The first-order valence-electron chi connectivity index (χ1n) is 9.69. The molecule has 27 heavy (non-hydrogen) atoms. The molecular weight excluding hydrogens is 338 g/mol. The Kier molecular flexibility index (Phi) is 3.69. The molecule has 0 radical (unpaired) electrons. The van der Waals surface area contributed by atoms with Crippen LogP contribution in [0.4, 0.5) is 0 Å². The van der Waals surface area contributed by atoms with E-state index in [0.717, 1.165) is 54.9 Å². The second kappa shape index (κ2) is 5.99. The fourth-order valence-corrected chi connectivity index (χ4v) is 4.57. The number of nitrogens with zero attached hydrogens (tertiary/aromatic N) is 3. The van der Waals surface area contributed by atoms with E-state index in [2.05, 4.69) is 35.2 Å². The number of benzene rings is 2. The number of fused-ring (bicyclic) bond motifs is 4. The van der Waals surface area contributed by atoms with E-state index in [1.165, 1.54) is 5.56 Å². The molecular formula is C22H25N3O2. The zero-order chi connectivity index (χ0) is 18.6. The third-order valence-electron chi connectivity index (χ3n) is 6.14. The monoisotopic (exact) mass is 363 g/mol. The number of aromatic hydroxyl groups is 1. The summed E-state index contributed by atoms with van der Waals surface area (Å²) in [6, 6.07) is 14.2. The highest BCUT2D eigenvalue weighted by atomic mass is 16.5. The molecule has 2 aromatic rings. The number of likely N-dealkylation sites (tertiary alicyclic amines) is 1.